The third-order valence-electron chi connectivity index (χ3n) is 3.51. The van der Waals surface area contributed by atoms with Gasteiger partial charge in [-0.2, -0.15) is 0 Å². The number of amides is 1. The number of nitrogens with one attached hydrogen (secondary N) is 1. The molecule has 2 aromatic rings. The Morgan fingerprint density at radius 1 is 1.00 bits per heavy atom. The fraction of sp³-hybridized carbons (Fsp3) is 0.316. The van der Waals surface area contributed by atoms with Gasteiger partial charge in [0.1, 0.15) is 12.4 Å². The Bertz CT molecular complexity index is 588. The summed E-state index contributed by atoms with van der Waals surface area (Å²) < 4.78 is 5.61. The van der Waals surface area contributed by atoms with Crippen LogP contribution in [0, 0.1) is 6.92 Å². The molecule has 22 heavy (non-hydrogen) atoms. The van der Waals surface area contributed by atoms with E-state index in [0.717, 1.165) is 17.7 Å². The van der Waals surface area contributed by atoms with Gasteiger partial charge in [0, 0.05) is 0 Å². The largest absolute Gasteiger partial charge is 0.492 e. The van der Waals surface area contributed by atoms with Gasteiger partial charge in [-0.3, -0.25) is 4.79 Å². The number of ether oxygens (including phenoxy) is 1. The number of benzene rings is 2. The smallest absolute Gasteiger partial charge is 0.224 e. The minimum absolute atomic E-state index is 0.0220. The van der Waals surface area contributed by atoms with Gasteiger partial charge in [-0.05, 0) is 36.6 Å². The molecule has 0 aliphatic carbocycles. The van der Waals surface area contributed by atoms with Crippen LogP contribution >= 0.6 is 0 Å². The average Bonchev–Trinajstić information content (AvgIpc) is 2.54. The van der Waals surface area contributed by atoms with Crippen LogP contribution in [0.2, 0.25) is 0 Å². The summed E-state index contributed by atoms with van der Waals surface area (Å²) in [5.41, 5.74) is 3.52. The van der Waals surface area contributed by atoms with Crippen molar-refractivity contribution in [1.29, 1.82) is 0 Å². The first-order valence-electron chi connectivity index (χ1n) is 7.71. The molecule has 1 N–H and O–H groups in total. The molecular formula is C19H23NO2. The molecule has 0 aliphatic heterocycles. The third kappa shape index (κ3) is 5.24. The van der Waals surface area contributed by atoms with Crippen molar-refractivity contribution in [1.82, 2.24) is 5.32 Å². The Kier molecular flexibility index (Phi) is 6.01. The molecule has 2 aromatic carbocycles. The number of carbonyl (C=O) groups is 1. The number of hydrogen-bond donors (Lipinski definition) is 1. The fourth-order valence-corrected chi connectivity index (χ4v) is 2.13. The summed E-state index contributed by atoms with van der Waals surface area (Å²) in [7, 11) is 0. The first-order chi connectivity index (χ1) is 10.7. The molecule has 0 atom stereocenters. The number of carbonyl (C=O) groups excluding carboxylic acids is 1. The number of aryl methyl sites for hydroxylation is 2. The van der Waals surface area contributed by atoms with Gasteiger partial charge < -0.3 is 10.1 Å². The predicted octanol–water partition coefficient (Wildman–Crippen LogP) is 3.30. The molecule has 116 valence electrons. The van der Waals surface area contributed by atoms with Crippen LogP contribution in [-0.2, 0) is 17.6 Å². The van der Waals surface area contributed by atoms with E-state index in [2.05, 4.69) is 24.4 Å². The van der Waals surface area contributed by atoms with Crippen molar-refractivity contribution in [2.45, 2.75) is 26.7 Å². The van der Waals surface area contributed by atoms with E-state index in [-0.39, 0.29) is 5.91 Å². The highest BCUT2D eigenvalue weighted by Crippen LogP contribution is 2.12. The highest BCUT2D eigenvalue weighted by atomic mass is 16.5. The van der Waals surface area contributed by atoms with Gasteiger partial charge >= 0.3 is 0 Å². The Hall–Kier alpha value is -2.29. The Morgan fingerprint density at radius 3 is 2.27 bits per heavy atom. The molecule has 3 nitrogen and oxygen atoms in total. The molecule has 0 unspecified atom stereocenters. The third-order valence-corrected chi connectivity index (χ3v) is 3.51. The lowest BCUT2D eigenvalue weighted by Gasteiger charge is -2.08. The molecule has 0 bridgehead atoms. The zero-order chi connectivity index (χ0) is 15.8. The van der Waals surface area contributed by atoms with E-state index in [1.165, 1.54) is 11.1 Å². The lowest BCUT2D eigenvalue weighted by atomic mass is 10.1. The molecule has 0 fully saturated rings. The Morgan fingerprint density at radius 2 is 1.64 bits per heavy atom. The van der Waals surface area contributed by atoms with E-state index < -0.39 is 0 Å². The quantitative estimate of drug-likeness (QED) is 0.796. The summed E-state index contributed by atoms with van der Waals surface area (Å²) in [6, 6.07) is 16.1. The minimum atomic E-state index is 0.0220. The summed E-state index contributed by atoms with van der Waals surface area (Å²) in [4.78, 5) is 11.8. The summed E-state index contributed by atoms with van der Waals surface area (Å²) >= 11 is 0. The van der Waals surface area contributed by atoms with E-state index in [1.54, 1.807) is 0 Å². The monoisotopic (exact) mass is 297 g/mol. The van der Waals surface area contributed by atoms with Gasteiger partial charge in [-0.25, -0.2) is 0 Å². The maximum atomic E-state index is 11.8. The SMILES string of the molecule is CCc1ccc(OCCNC(=O)Cc2ccc(C)cc2)cc1. The second-order valence-corrected chi connectivity index (χ2v) is 5.36. The maximum absolute atomic E-state index is 11.8. The first kappa shape index (κ1) is 16.1. The molecule has 0 radical (unpaired) electrons. The molecule has 0 aromatic heterocycles. The summed E-state index contributed by atoms with van der Waals surface area (Å²) in [5, 5.41) is 2.87. The van der Waals surface area contributed by atoms with Crippen LogP contribution in [0.1, 0.15) is 23.6 Å². The molecule has 0 saturated carbocycles. The number of hydrogen-bond acceptors (Lipinski definition) is 2. The molecule has 0 spiro atoms. The lowest BCUT2D eigenvalue weighted by Crippen LogP contribution is -2.29. The average molecular weight is 297 g/mol. The standard InChI is InChI=1S/C19H23NO2/c1-3-16-8-10-18(11-9-16)22-13-12-20-19(21)14-17-6-4-15(2)5-7-17/h4-11H,3,12-14H2,1-2H3,(H,20,21). The van der Waals surface area contributed by atoms with Crippen molar-refractivity contribution >= 4 is 5.91 Å². The van der Waals surface area contributed by atoms with Gasteiger partial charge in [-0.15, -0.1) is 0 Å². The highest BCUT2D eigenvalue weighted by Gasteiger charge is 2.02. The van der Waals surface area contributed by atoms with Gasteiger partial charge in [0.2, 0.25) is 5.91 Å². The van der Waals surface area contributed by atoms with Crippen LogP contribution in [0.25, 0.3) is 0 Å². The van der Waals surface area contributed by atoms with Gasteiger partial charge in [0.05, 0.1) is 13.0 Å². The van der Waals surface area contributed by atoms with Crippen molar-refractivity contribution in [3.8, 4) is 5.75 Å². The van der Waals surface area contributed by atoms with Crippen molar-refractivity contribution in [3.63, 3.8) is 0 Å². The summed E-state index contributed by atoms with van der Waals surface area (Å²) in [6.45, 7) is 5.15. The van der Waals surface area contributed by atoms with Crippen LogP contribution in [0.3, 0.4) is 0 Å². The van der Waals surface area contributed by atoms with Gasteiger partial charge in [0.25, 0.3) is 0 Å². The maximum Gasteiger partial charge on any atom is 0.224 e. The Balaban J connectivity index is 1.67. The molecule has 1 amide bonds. The van der Waals surface area contributed by atoms with Crippen LogP contribution in [0.5, 0.6) is 5.75 Å². The zero-order valence-corrected chi connectivity index (χ0v) is 13.3. The van der Waals surface area contributed by atoms with E-state index in [9.17, 15) is 4.79 Å². The zero-order valence-electron chi connectivity index (χ0n) is 13.3. The molecular weight excluding hydrogens is 274 g/mol. The van der Waals surface area contributed by atoms with Crippen molar-refractivity contribution < 1.29 is 9.53 Å². The number of rotatable bonds is 7. The first-order valence-corrected chi connectivity index (χ1v) is 7.71. The molecule has 2 rings (SSSR count). The van der Waals surface area contributed by atoms with Crippen LogP contribution < -0.4 is 10.1 Å². The van der Waals surface area contributed by atoms with Crippen molar-refractivity contribution in [2.24, 2.45) is 0 Å². The summed E-state index contributed by atoms with van der Waals surface area (Å²) in [6.07, 6.45) is 1.43. The fourth-order valence-electron chi connectivity index (χ4n) is 2.13. The van der Waals surface area contributed by atoms with E-state index in [4.69, 9.17) is 4.74 Å². The Labute approximate surface area is 132 Å². The molecule has 0 heterocycles. The van der Waals surface area contributed by atoms with E-state index in [0.29, 0.717) is 19.6 Å². The second kappa shape index (κ2) is 8.23. The predicted molar refractivity (Wildman–Crippen MR) is 89.2 cm³/mol. The highest BCUT2D eigenvalue weighted by molar-refractivity contribution is 5.78. The molecule has 0 aliphatic rings. The van der Waals surface area contributed by atoms with Crippen molar-refractivity contribution in [3.05, 3.63) is 65.2 Å². The molecule has 3 heteroatoms. The topological polar surface area (TPSA) is 38.3 Å². The van der Waals surface area contributed by atoms with Gasteiger partial charge in [-0.1, -0.05) is 48.9 Å². The van der Waals surface area contributed by atoms with E-state index in [1.807, 2.05) is 43.3 Å². The molecule has 0 saturated heterocycles. The van der Waals surface area contributed by atoms with Gasteiger partial charge in [0.15, 0.2) is 0 Å². The second-order valence-electron chi connectivity index (χ2n) is 5.36. The van der Waals surface area contributed by atoms with Crippen LogP contribution in [-0.4, -0.2) is 19.1 Å². The normalized spacial score (nSPS) is 10.3. The van der Waals surface area contributed by atoms with Crippen molar-refractivity contribution in [2.75, 3.05) is 13.2 Å². The van der Waals surface area contributed by atoms with E-state index >= 15 is 0 Å². The lowest BCUT2D eigenvalue weighted by molar-refractivity contribution is -0.120. The van der Waals surface area contributed by atoms with Crippen LogP contribution in [0.15, 0.2) is 48.5 Å². The minimum Gasteiger partial charge on any atom is -0.492 e. The van der Waals surface area contributed by atoms with Crippen LogP contribution in [0.4, 0.5) is 0 Å². The summed E-state index contributed by atoms with van der Waals surface area (Å²) in [5.74, 6) is 0.860.